The van der Waals surface area contributed by atoms with Crippen LogP contribution in [0.25, 0.3) is 11.2 Å². The summed E-state index contributed by atoms with van der Waals surface area (Å²) in [5.74, 6) is 1.67. The lowest BCUT2D eigenvalue weighted by Crippen LogP contribution is -2.12. The van der Waals surface area contributed by atoms with Gasteiger partial charge in [0.05, 0.1) is 0 Å². The van der Waals surface area contributed by atoms with E-state index in [1.807, 2.05) is 18.3 Å². The molecule has 0 bridgehead atoms. The number of nitrogens with zero attached hydrogens (tertiary/aromatic N) is 3. The molecule has 1 atom stereocenters. The van der Waals surface area contributed by atoms with Crippen molar-refractivity contribution in [2.75, 3.05) is 5.88 Å². The Morgan fingerprint density at radius 2 is 2.22 bits per heavy atom. The van der Waals surface area contributed by atoms with E-state index in [1.54, 1.807) is 0 Å². The van der Waals surface area contributed by atoms with Crippen LogP contribution in [0.5, 0.6) is 0 Å². The first-order valence-corrected chi connectivity index (χ1v) is 7.23. The quantitative estimate of drug-likeness (QED) is 0.740. The maximum atomic E-state index is 5.89. The Morgan fingerprint density at radius 1 is 1.39 bits per heavy atom. The Hall–Kier alpha value is -1.09. The van der Waals surface area contributed by atoms with Gasteiger partial charge < -0.3 is 4.57 Å². The van der Waals surface area contributed by atoms with Crippen LogP contribution in [-0.2, 0) is 6.42 Å². The van der Waals surface area contributed by atoms with Crippen molar-refractivity contribution >= 4 is 22.8 Å². The number of fused-ring (bicyclic) bond motifs is 1. The highest BCUT2D eigenvalue weighted by atomic mass is 35.5. The molecule has 0 aliphatic rings. The molecular weight excluding hydrogens is 246 g/mol. The Balaban J connectivity index is 2.52. The summed E-state index contributed by atoms with van der Waals surface area (Å²) in [6.07, 6.45) is 6.08. The van der Waals surface area contributed by atoms with E-state index in [1.165, 1.54) is 6.42 Å². The summed E-state index contributed by atoms with van der Waals surface area (Å²) in [5, 5.41) is 0. The zero-order valence-corrected chi connectivity index (χ0v) is 11.8. The molecule has 0 amide bonds. The number of hydrogen-bond donors (Lipinski definition) is 0. The van der Waals surface area contributed by atoms with E-state index in [2.05, 4.69) is 28.4 Å². The van der Waals surface area contributed by atoms with Crippen molar-refractivity contribution in [3.63, 3.8) is 0 Å². The molecule has 0 saturated heterocycles. The van der Waals surface area contributed by atoms with Crippen LogP contribution < -0.4 is 0 Å². The summed E-state index contributed by atoms with van der Waals surface area (Å²) in [4.78, 5) is 9.16. The fraction of sp³-hybridized carbons (Fsp3) is 0.571. The molecule has 2 rings (SSSR count). The Kier molecular flexibility index (Phi) is 4.59. The largest absolute Gasteiger partial charge is 0.310 e. The van der Waals surface area contributed by atoms with E-state index in [0.717, 1.165) is 36.3 Å². The molecule has 0 saturated carbocycles. The number of aromatic nitrogens is 3. The number of halogens is 1. The third-order valence-corrected chi connectivity index (χ3v) is 3.49. The van der Waals surface area contributed by atoms with Crippen molar-refractivity contribution in [2.24, 2.45) is 0 Å². The molecule has 0 aliphatic heterocycles. The summed E-state index contributed by atoms with van der Waals surface area (Å²) in [7, 11) is 0. The molecule has 2 aromatic heterocycles. The highest BCUT2D eigenvalue weighted by Gasteiger charge is 2.17. The summed E-state index contributed by atoms with van der Waals surface area (Å²) < 4.78 is 2.29. The molecule has 98 valence electrons. The van der Waals surface area contributed by atoms with Crippen LogP contribution in [0.4, 0.5) is 0 Å². The minimum Gasteiger partial charge on any atom is -0.310 e. The van der Waals surface area contributed by atoms with Crippen molar-refractivity contribution in [1.82, 2.24) is 14.5 Å². The molecule has 0 aliphatic carbocycles. The zero-order valence-electron chi connectivity index (χ0n) is 11.1. The van der Waals surface area contributed by atoms with Crippen molar-refractivity contribution in [3.05, 3.63) is 24.2 Å². The number of rotatable bonds is 6. The molecule has 3 nitrogen and oxygen atoms in total. The second-order valence-corrected chi connectivity index (χ2v) is 4.91. The molecule has 0 aromatic carbocycles. The van der Waals surface area contributed by atoms with Crippen LogP contribution in [-0.4, -0.2) is 20.4 Å². The van der Waals surface area contributed by atoms with E-state index < -0.39 is 0 Å². The fourth-order valence-corrected chi connectivity index (χ4v) is 2.64. The third kappa shape index (κ3) is 2.51. The second-order valence-electron chi connectivity index (χ2n) is 4.53. The predicted octanol–water partition coefficient (Wildman–Crippen LogP) is 3.96. The van der Waals surface area contributed by atoms with Gasteiger partial charge in [-0.05, 0) is 25.0 Å². The highest BCUT2D eigenvalue weighted by molar-refractivity contribution is 6.17. The smallest absolute Gasteiger partial charge is 0.160 e. The summed E-state index contributed by atoms with van der Waals surface area (Å²) in [6.45, 7) is 4.44. The van der Waals surface area contributed by atoms with Gasteiger partial charge in [0.1, 0.15) is 11.3 Å². The van der Waals surface area contributed by atoms with Crippen LogP contribution in [0.15, 0.2) is 18.3 Å². The van der Waals surface area contributed by atoms with E-state index in [9.17, 15) is 0 Å². The third-order valence-electron chi connectivity index (χ3n) is 3.30. The highest BCUT2D eigenvalue weighted by Crippen LogP contribution is 2.25. The van der Waals surface area contributed by atoms with Crippen LogP contribution >= 0.6 is 11.6 Å². The van der Waals surface area contributed by atoms with Crippen molar-refractivity contribution < 1.29 is 0 Å². The van der Waals surface area contributed by atoms with Gasteiger partial charge in [-0.1, -0.05) is 20.3 Å². The van der Waals surface area contributed by atoms with Crippen molar-refractivity contribution in [3.8, 4) is 0 Å². The molecule has 0 N–H and O–H groups in total. The van der Waals surface area contributed by atoms with E-state index in [4.69, 9.17) is 11.6 Å². The van der Waals surface area contributed by atoms with Gasteiger partial charge in [-0.2, -0.15) is 0 Å². The Bertz CT molecular complexity index is 507. The number of pyridine rings is 1. The average Bonchev–Trinajstić information content (AvgIpc) is 2.74. The first kappa shape index (κ1) is 13.3. The molecule has 0 fully saturated rings. The average molecular weight is 266 g/mol. The zero-order chi connectivity index (χ0) is 13.0. The van der Waals surface area contributed by atoms with Crippen LogP contribution in [0.1, 0.15) is 45.0 Å². The molecule has 0 radical (unpaired) electrons. The number of hydrogen-bond acceptors (Lipinski definition) is 2. The fourth-order valence-electron chi connectivity index (χ4n) is 2.47. The minimum atomic E-state index is 0.480. The number of alkyl halides is 1. The lowest BCUT2D eigenvalue weighted by Gasteiger charge is -2.19. The maximum absolute atomic E-state index is 5.89. The van der Waals surface area contributed by atoms with Crippen molar-refractivity contribution in [1.29, 1.82) is 0 Å². The SMILES string of the molecule is CCCC(CC)n1c(CCCl)nc2cccnc21. The Labute approximate surface area is 113 Å². The lowest BCUT2D eigenvalue weighted by atomic mass is 10.1. The van der Waals surface area contributed by atoms with Gasteiger partial charge in [0.25, 0.3) is 0 Å². The van der Waals surface area contributed by atoms with Gasteiger partial charge in [-0.25, -0.2) is 9.97 Å². The summed E-state index contributed by atoms with van der Waals surface area (Å²) in [6, 6.07) is 4.44. The van der Waals surface area contributed by atoms with E-state index in [-0.39, 0.29) is 0 Å². The maximum Gasteiger partial charge on any atom is 0.160 e. The molecule has 2 aromatic rings. The monoisotopic (exact) mass is 265 g/mol. The number of aryl methyl sites for hydroxylation is 1. The summed E-state index contributed by atoms with van der Waals surface area (Å²) >= 11 is 5.89. The summed E-state index contributed by atoms with van der Waals surface area (Å²) in [5.41, 5.74) is 1.98. The lowest BCUT2D eigenvalue weighted by molar-refractivity contribution is 0.443. The standard InChI is InChI=1S/C14H20ClN3/c1-3-6-11(4-2)18-13(8-9-15)17-12-7-5-10-16-14(12)18/h5,7,10-11H,3-4,6,8-9H2,1-2H3. The van der Waals surface area contributed by atoms with E-state index >= 15 is 0 Å². The van der Waals surface area contributed by atoms with Gasteiger partial charge >= 0.3 is 0 Å². The van der Waals surface area contributed by atoms with Crippen LogP contribution in [0.3, 0.4) is 0 Å². The van der Waals surface area contributed by atoms with Gasteiger partial charge in [-0.3, -0.25) is 0 Å². The molecule has 18 heavy (non-hydrogen) atoms. The molecule has 0 spiro atoms. The first-order chi connectivity index (χ1) is 8.81. The van der Waals surface area contributed by atoms with Crippen LogP contribution in [0, 0.1) is 0 Å². The molecule has 2 heterocycles. The van der Waals surface area contributed by atoms with Gasteiger partial charge in [0.2, 0.25) is 0 Å². The normalized spacial score (nSPS) is 13.1. The van der Waals surface area contributed by atoms with Crippen molar-refractivity contribution in [2.45, 2.75) is 45.6 Å². The minimum absolute atomic E-state index is 0.480. The van der Waals surface area contributed by atoms with Gasteiger partial charge in [0, 0.05) is 24.5 Å². The Morgan fingerprint density at radius 3 is 2.89 bits per heavy atom. The van der Waals surface area contributed by atoms with Gasteiger partial charge in [0.15, 0.2) is 5.65 Å². The van der Waals surface area contributed by atoms with Gasteiger partial charge in [-0.15, -0.1) is 11.6 Å². The topological polar surface area (TPSA) is 30.7 Å². The molecule has 1 unspecified atom stereocenters. The number of imidazole rings is 1. The molecule has 4 heteroatoms. The predicted molar refractivity (Wildman–Crippen MR) is 76.2 cm³/mol. The van der Waals surface area contributed by atoms with E-state index in [0.29, 0.717) is 11.9 Å². The molecular formula is C14H20ClN3. The first-order valence-electron chi connectivity index (χ1n) is 6.69. The van der Waals surface area contributed by atoms with Crippen LogP contribution in [0.2, 0.25) is 0 Å². The second kappa shape index (κ2) is 6.19.